The number of carboxylic acid groups (broad SMARTS) is 1. The van der Waals surface area contributed by atoms with E-state index >= 15 is 0 Å². The van der Waals surface area contributed by atoms with Gasteiger partial charge in [0.1, 0.15) is 5.25 Å². The molecule has 25 heavy (non-hydrogen) atoms. The monoisotopic (exact) mass is 362 g/mol. The van der Waals surface area contributed by atoms with Crippen molar-refractivity contribution in [2.75, 3.05) is 13.1 Å². The number of aliphatic carboxylic acids is 1. The number of pyridine rings is 1. The molecule has 2 heterocycles. The molecule has 132 valence electrons. The molecular formula is C17H18N2O5S. The number of aliphatic hydroxyl groups is 1. The van der Waals surface area contributed by atoms with Gasteiger partial charge in [0.05, 0.1) is 4.90 Å². The van der Waals surface area contributed by atoms with E-state index in [-0.39, 0.29) is 17.9 Å². The summed E-state index contributed by atoms with van der Waals surface area (Å²) in [4.78, 5) is 15.5. The normalized spacial score (nSPS) is 24.0. The zero-order chi connectivity index (χ0) is 18.1. The van der Waals surface area contributed by atoms with Gasteiger partial charge in [0.2, 0.25) is 0 Å². The molecule has 0 amide bonds. The first kappa shape index (κ1) is 17.5. The van der Waals surface area contributed by atoms with Crippen LogP contribution >= 0.6 is 0 Å². The van der Waals surface area contributed by atoms with E-state index in [4.69, 9.17) is 0 Å². The molecule has 1 fully saturated rings. The summed E-state index contributed by atoms with van der Waals surface area (Å²) >= 11 is 0. The van der Waals surface area contributed by atoms with Gasteiger partial charge in [-0.05, 0) is 42.3 Å². The van der Waals surface area contributed by atoms with Gasteiger partial charge in [-0.15, -0.1) is 0 Å². The molecule has 1 aliphatic heterocycles. The zero-order valence-corrected chi connectivity index (χ0v) is 14.1. The lowest BCUT2D eigenvalue weighted by atomic mass is 9.94. The number of rotatable bonds is 4. The Bertz CT molecular complexity index is 868. The highest BCUT2D eigenvalue weighted by atomic mass is 32.2. The maximum absolute atomic E-state index is 12.9. The third-order valence-electron chi connectivity index (χ3n) is 4.43. The smallest absolute Gasteiger partial charge is 0.338 e. The van der Waals surface area contributed by atoms with Crippen molar-refractivity contribution in [1.29, 1.82) is 0 Å². The number of hydrogen-bond acceptors (Lipinski definition) is 6. The van der Waals surface area contributed by atoms with E-state index in [0.29, 0.717) is 6.54 Å². The molecule has 8 heteroatoms. The Labute approximate surface area is 145 Å². The number of carbonyl (C=O) groups is 1. The fraction of sp³-hybridized carbons (Fsp3) is 0.294. The standard InChI is InChI=1S/C17H18N2O5S/c20-16(21)17(22)11-19-9-7-15(17)25(23,24)14-5-3-12(4-6-14)13-2-1-8-18-10-13/h1-6,8,10,15,19,22H,7,9,11H2,(H,20,21). The van der Waals surface area contributed by atoms with Crippen LogP contribution in [-0.4, -0.2) is 53.5 Å². The van der Waals surface area contributed by atoms with Crippen LogP contribution in [0.2, 0.25) is 0 Å². The van der Waals surface area contributed by atoms with E-state index in [1.807, 2.05) is 6.07 Å². The third-order valence-corrected chi connectivity index (χ3v) is 6.74. The van der Waals surface area contributed by atoms with Crippen molar-refractivity contribution in [3.05, 3.63) is 48.8 Å². The average molecular weight is 362 g/mol. The molecule has 2 unspecified atom stereocenters. The van der Waals surface area contributed by atoms with Gasteiger partial charge in [-0.25, -0.2) is 13.2 Å². The number of sulfone groups is 1. The van der Waals surface area contributed by atoms with Crippen molar-refractivity contribution < 1.29 is 23.4 Å². The van der Waals surface area contributed by atoms with Crippen LogP contribution in [0.4, 0.5) is 0 Å². The van der Waals surface area contributed by atoms with Gasteiger partial charge in [-0.1, -0.05) is 18.2 Å². The van der Waals surface area contributed by atoms with Crippen molar-refractivity contribution in [3.8, 4) is 11.1 Å². The van der Waals surface area contributed by atoms with Crippen molar-refractivity contribution in [3.63, 3.8) is 0 Å². The molecule has 0 aliphatic carbocycles. The lowest BCUT2D eigenvalue weighted by Crippen LogP contribution is -2.62. The summed E-state index contributed by atoms with van der Waals surface area (Å²) in [6, 6.07) is 9.79. The molecular weight excluding hydrogens is 344 g/mol. The van der Waals surface area contributed by atoms with Crippen LogP contribution in [0.1, 0.15) is 6.42 Å². The number of aromatic nitrogens is 1. The van der Waals surface area contributed by atoms with Gasteiger partial charge in [0.25, 0.3) is 0 Å². The van der Waals surface area contributed by atoms with Crippen molar-refractivity contribution >= 4 is 15.8 Å². The van der Waals surface area contributed by atoms with Gasteiger partial charge >= 0.3 is 5.97 Å². The number of carboxylic acids is 1. The fourth-order valence-electron chi connectivity index (χ4n) is 3.02. The molecule has 0 spiro atoms. The number of nitrogens with zero attached hydrogens (tertiary/aromatic N) is 1. The highest BCUT2D eigenvalue weighted by Gasteiger charge is 2.52. The number of piperidine rings is 1. The minimum Gasteiger partial charge on any atom is -0.479 e. The van der Waals surface area contributed by atoms with Crippen LogP contribution in [0.3, 0.4) is 0 Å². The Morgan fingerprint density at radius 2 is 1.92 bits per heavy atom. The maximum Gasteiger partial charge on any atom is 0.338 e. The van der Waals surface area contributed by atoms with E-state index in [1.165, 1.54) is 12.1 Å². The molecule has 0 bridgehead atoms. The Balaban J connectivity index is 1.96. The summed E-state index contributed by atoms with van der Waals surface area (Å²) < 4.78 is 25.8. The lowest BCUT2D eigenvalue weighted by molar-refractivity contribution is -0.159. The summed E-state index contributed by atoms with van der Waals surface area (Å²) in [5.74, 6) is -1.54. The highest BCUT2D eigenvalue weighted by molar-refractivity contribution is 7.92. The molecule has 2 aromatic rings. The van der Waals surface area contributed by atoms with Crippen molar-refractivity contribution in [2.24, 2.45) is 0 Å². The van der Waals surface area contributed by atoms with Crippen LogP contribution in [-0.2, 0) is 14.6 Å². The Morgan fingerprint density at radius 3 is 2.52 bits per heavy atom. The predicted molar refractivity (Wildman–Crippen MR) is 90.7 cm³/mol. The van der Waals surface area contributed by atoms with E-state index in [0.717, 1.165) is 11.1 Å². The molecule has 2 atom stereocenters. The maximum atomic E-state index is 12.9. The van der Waals surface area contributed by atoms with E-state index in [9.17, 15) is 23.4 Å². The number of nitrogens with one attached hydrogen (secondary N) is 1. The van der Waals surface area contributed by atoms with E-state index < -0.39 is 26.7 Å². The topological polar surface area (TPSA) is 117 Å². The van der Waals surface area contributed by atoms with Crippen LogP contribution in [0.5, 0.6) is 0 Å². The first-order valence-corrected chi connectivity index (χ1v) is 9.31. The Hall–Kier alpha value is -2.29. The van der Waals surface area contributed by atoms with Crippen LogP contribution in [0.25, 0.3) is 11.1 Å². The molecule has 1 aromatic carbocycles. The second-order valence-electron chi connectivity index (χ2n) is 5.99. The number of benzene rings is 1. The molecule has 3 rings (SSSR count). The molecule has 0 radical (unpaired) electrons. The van der Waals surface area contributed by atoms with Crippen LogP contribution in [0.15, 0.2) is 53.7 Å². The van der Waals surface area contributed by atoms with E-state index in [2.05, 4.69) is 10.3 Å². The van der Waals surface area contributed by atoms with Gasteiger partial charge in [-0.3, -0.25) is 4.98 Å². The fourth-order valence-corrected chi connectivity index (χ4v) is 4.99. The van der Waals surface area contributed by atoms with Gasteiger partial charge in [0.15, 0.2) is 15.4 Å². The predicted octanol–water partition coefficient (Wildman–Crippen LogP) is 0.700. The minimum absolute atomic E-state index is 0.00767. The molecule has 3 N–H and O–H groups in total. The molecule has 1 saturated heterocycles. The van der Waals surface area contributed by atoms with Gasteiger partial charge < -0.3 is 15.5 Å². The third kappa shape index (κ3) is 3.15. The number of β-amino-alcohol motifs (C(OH)–C–C–N with tert-alkyl or cyclic N) is 1. The summed E-state index contributed by atoms with van der Waals surface area (Å²) in [5.41, 5.74) is -0.708. The van der Waals surface area contributed by atoms with Crippen molar-refractivity contribution in [1.82, 2.24) is 10.3 Å². The highest BCUT2D eigenvalue weighted by Crippen LogP contribution is 2.30. The minimum atomic E-state index is -4.00. The van der Waals surface area contributed by atoms with Crippen LogP contribution < -0.4 is 5.32 Å². The van der Waals surface area contributed by atoms with Gasteiger partial charge in [0, 0.05) is 18.9 Å². The van der Waals surface area contributed by atoms with Gasteiger partial charge in [-0.2, -0.15) is 0 Å². The lowest BCUT2D eigenvalue weighted by Gasteiger charge is -2.36. The molecule has 1 aromatic heterocycles. The average Bonchev–Trinajstić information content (AvgIpc) is 2.62. The summed E-state index contributed by atoms with van der Waals surface area (Å²) in [6.45, 7) is 0.0211. The molecule has 7 nitrogen and oxygen atoms in total. The Morgan fingerprint density at radius 1 is 1.20 bits per heavy atom. The first-order valence-electron chi connectivity index (χ1n) is 7.76. The quantitative estimate of drug-likeness (QED) is 0.733. The second kappa shape index (κ2) is 6.55. The van der Waals surface area contributed by atoms with Crippen LogP contribution in [0, 0.1) is 0 Å². The summed E-state index contributed by atoms with van der Waals surface area (Å²) in [6.07, 6.45) is 3.33. The summed E-state index contributed by atoms with van der Waals surface area (Å²) in [7, 11) is -4.00. The Kier molecular flexibility index (Phi) is 4.59. The number of hydrogen-bond donors (Lipinski definition) is 3. The SMILES string of the molecule is O=C(O)C1(O)CNCCC1S(=O)(=O)c1ccc(-c2cccnc2)cc1. The first-order chi connectivity index (χ1) is 11.9. The van der Waals surface area contributed by atoms with E-state index in [1.54, 1.807) is 30.6 Å². The summed E-state index contributed by atoms with van der Waals surface area (Å²) in [5, 5.41) is 21.0. The van der Waals surface area contributed by atoms with Crippen molar-refractivity contribution in [2.45, 2.75) is 22.2 Å². The largest absolute Gasteiger partial charge is 0.479 e. The second-order valence-corrected chi connectivity index (χ2v) is 8.13. The molecule has 0 saturated carbocycles. The molecule has 1 aliphatic rings. The zero-order valence-electron chi connectivity index (χ0n) is 13.3.